The fraction of sp³-hybridized carbons (Fsp3) is 0.286. The number of nitrogens with one attached hydrogen (secondary N) is 1. The second-order valence-electron chi connectivity index (χ2n) is 4.23. The Bertz CT molecular complexity index is 473. The van der Waals surface area contributed by atoms with Gasteiger partial charge in [0.15, 0.2) is 0 Å². The lowest BCUT2D eigenvalue weighted by Crippen LogP contribution is -2.43. The number of benzene rings is 1. The van der Waals surface area contributed by atoms with E-state index in [1.54, 1.807) is 6.26 Å². The smallest absolute Gasteiger partial charge is 0.135 e. The Morgan fingerprint density at radius 2 is 1.82 bits per heavy atom. The molecule has 1 aliphatic heterocycles. The van der Waals surface area contributed by atoms with Crippen molar-refractivity contribution in [2.45, 2.75) is 0 Å². The minimum Gasteiger partial charge on any atom is -0.464 e. The molecule has 0 unspecified atom stereocenters. The van der Waals surface area contributed by atoms with Crippen LogP contribution in [0.5, 0.6) is 0 Å². The van der Waals surface area contributed by atoms with Crippen LogP contribution in [-0.2, 0) is 0 Å². The first-order valence-electron chi connectivity index (χ1n) is 6.04. The molecule has 2 aromatic rings. The topological polar surface area (TPSA) is 28.4 Å². The molecule has 1 aromatic heterocycles. The van der Waals surface area contributed by atoms with Gasteiger partial charge in [0.1, 0.15) is 5.76 Å². The fourth-order valence-electron chi connectivity index (χ4n) is 2.30. The van der Waals surface area contributed by atoms with Crippen LogP contribution in [0.25, 0.3) is 11.3 Å². The standard InChI is InChI=1S/C14H16N2O/c1-2-5-13(16-9-7-15-8-10-16)12(4-1)14-6-3-11-17-14/h1-6,11,15H,7-10H2. The van der Waals surface area contributed by atoms with Crippen LogP contribution in [0.15, 0.2) is 47.1 Å². The van der Waals surface area contributed by atoms with Gasteiger partial charge in [0.25, 0.3) is 0 Å². The average molecular weight is 228 g/mol. The largest absolute Gasteiger partial charge is 0.464 e. The summed E-state index contributed by atoms with van der Waals surface area (Å²) >= 11 is 0. The highest BCUT2D eigenvalue weighted by molar-refractivity contribution is 5.75. The quantitative estimate of drug-likeness (QED) is 0.855. The first-order valence-corrected chi connectivity index (χ1v) is 6.04. The molecule has 3 nitrogen and oxygen atoms in total. The zero-order valence-corrected chi connectivity index (χ0v) is 9.73. The average Bonchev–Trinajstić information content (AvgIpc) is 2.94. The van der Waals surface area contributed by atoms with Crippen molar-refractivity contribution in [3.8, 4) is 11.3 Å². The summed E-state index contributed by atoms with van der Waals surface area (Å²) < 4.78 is 5.51. The van der Waals surface area contributed by atoms with Crippen LogP contribution < -0.4 is 10.2 Å². The predicted octanol–water partition coefficient (Wildman–Crippen LogP) is 2.36. The van der Waals surface area contributed by atoms with Gasteiger partial charge < -0.3 is 14.6 Å². The molecule has 0 spiro atoms. The Labute approximate surface area is 101 Å². The molecule has 88 valence electrons. The number of anilines is 1. The van der Waals surface area contributed by atoms with Crippen molar-refractivity contribution in [3.05, 3.63) is 42.7 Å². The van der Waals surface area contributed by atoms with Crippen LogP contribution in [0.4, 0.5) is 5.69 Å². The summed E-state index contributed by atoms with van der Waals surface area (Å²) in [5.41, 5.74) is 2.45. The van der Waals surface area contributed by atoms with Gasteiger partial charge in [-0.25, -0.2) is 0 Å². The Hall–Kier alpha value is -1.74. The lowest BCUT2D eigenvalue weighted by Gasteiger charge is -2.30. The molecule has 2 heterocycles. The molecule has 1 saturated heterocycles. The van der Waals surface area contributed by atoms with Gasteiger partial charge >= 0.3 is 0 Å². The molecule has 0 saturated carbocycles. The molecule has 1 N–H and O–H groups in total. The summed E-state index contributed by atoms with van der Waals surface area (Å²) in [6, 6.07) is 12.4. The van der Waals surface area contributed by atoms with Crippen molar-refractivity contribution < 1.29 is 4.42 Å². The molecule has 1 aliphatic rings. The zero-order chi connectivity index (χ0) is 11.5. The van der Waals surface area contributed by atoms with E-state index in [4.69, 9.17) is 4.42 Å². The molecule has 0 atom stereocenters. The molecular formula is C14H16N2O. The van der Waals surface area contributed by atoms with Gasteiger partial charge in [0, 0.05) is 37.4 Å². The number of nitrogens with zero attached hydrogens (tertiary/aromatic N) is 1. The molecule has 0 bridgehead atoms. The molecule has 1 aromatic carbocycles. The normalized spacial score (nSPS) is 16.1. The van der Waals surface area contributed by atoms with E-state index in [2.05, 4.69) is 34.5 Å². The van der Waals surface area contributed by atoms with Crippen molar-refractivity contribution in [1.29, 1.82) is 0 Å². The van der Waals surface area contributed by atoms with Gasteiger partial charge in [0.2, 0.25) is 0 Å². The predicted molar refractivity (Wildman–Crippen MR) is 69.2 cm³/mol. The van der Waals surface area contributed by atoms with Crippen molar-refractivity contribution in [2.24, 2.45) is 0 Å². The van der Waals surface area contributed by atoms with Crippen molar-refractivity contribution >= 4 is 5.69 Å². The van der Waals surface area contributed by atoms with Crippen molar-refractivity contribution in [1.82, 2.24) is 5.32 Å². The maximum absolute atomic E-state index is 5.51. The maximum Gasteiger partial charge on any atom is 0.135 e. The van der Waals surface area contributed by atoms with E-state index in [1.807, 2.05) is 12.1 Å². The highest BCUT2D eigenvalue weighted by Crippen LogP contribution is 2.31. The summed E-state index contributed by atoms with van der Waals surface area (Å²) in [5, 5.41) is 3.37. The van der Waals surface area contributed by atoms with Crippen LogP contribution in [0, 0.1) is 0 Å². The lowest BCUT2D eigenvalue weighted by atomic mass is 10.1. The highest BCUT2D eigenvalue weighted by Gasteiger charge is 2.15. The van der Waals surface area contributed by atoms with Gasteiger partial charge in [-0.3, -0.25) is 0 Å². The summed E-state index contributed by atoms with van der Waals surface area (Å²) in [6.45, 7) is 4.20. The molecule has 3 rings (SSSR count). The Kier molecular flexibility index (Phi) is 2.84. The Balaban J connectivity index is 1.98. The van der Waals surface area contributed by atoms with Gasteiger partial charge in [0.05, 0.1) is 6.26 Å². The van der Waals surface area contributed by atoms with Crippen molar-refractivity contribution in [3.63, 3.8) is 0 Å². The van der Waals surface area contributed by atoms with Gasteiger partial charge in [-0.1, -0.05) is 12.1 Å². The minimum absolute atomic E-state index is 0.944. The third-order valence-corrected chi connectivity index (χ3v) is 3.15. The number of para-hydroxylation sites is 1. The molecule has 1 fully saturated rings. The van der Waals surface area contributed by atoms with E-state index in [9.17, 15) is 0 Å². The molecular weight excluding hydrogens is 212 g/mol. The summed E-state index contributed by atoms with van der Waals surface area (Å²) in [5.74, 6) is 0.944. The van der Waals surface area contributed by atoms with Crippen LogP contribution in [0.3, 0.4) is 0 Å². The van der Waals surface area contributed by atoms with Gasteiger partial charge in [-0.2, -0.15) is 0 Å². The Morgan fingerprint density at radius 3 is 2.59 bits per heavy atom. The lowest BCUT2D eigenvalue weighted by molar-refractivity contribution is 0.576. The number of piperazine rings is 1. The van der Waals surface area contributed by atoms with Crippen LogP contribution in [0.2, 0.25) is 0 Å². The SMILES string of the molecule is c1coc(-c2ccccc2N2CCNCC2)c1. The number of hydrogen-bond donors (Lipinski definition) is 1. The van der Waals surface area contributed by atoms with E-state index in [-0.39, 0.29) is 0 Å². The van der Waals surface area contributed by atoms with E-state index >= 15 is 0 Å². The zero-order valence-electron chi connectivity index (χ0n) is 9.73. The van der Waals surface area contributed by atoms with Crippen molar-refractivity contribution in [2.75, 3.05) is 31.1 Å². The number of hydrogen-bond acceptors (Lipinski definition) is 3. The third-order valence-electron chi connectivity index (χ3n) is 3.15. The van der Waals surface area contributed by atoms with Gasteiger partial charge in [-0.05, 0) is 24.3 Å². The summed E-state index contributed by atoms with van der Waals surface area (Å²) in [7, 11) is 0. The highest BCUT2D eigenvalue weighted by atomic mass is 16.3. The van der Waals surface area contributed by atoms with Crippen LogP contribution in [0.1, 0.15) is 0 Å². The van der Waals surface area contributed by atoms with E-state index in [0.717, 1.165) is 31.9 Å². The van der Waals surface area contributed by atoms with Gasteiger partial charge in [-0.15, -0.1) is 0 Å². The molecule has 17 heavy (non-hydrogen) atoms. The molecule has 0 amide bonds. The monoisotopic (exact) mass is 228 g/mol. The summed E-state index contributed by atoms with van der Waals surface area (Å²) in [6.07, 6.45) is 1.73. The molecule has 3 heteroatoms. The minimum atomic E-state index is 0.944. The number of furan rings is 1. The second kappa shape index (κ2) is 4.63. The first-order chi connectivity index (χ1) is 8.45. The maximum atomic E-state index is 5.51. The third kappa shape index (κ3) is 2.06. The molecule has 0 radical (unpaired) electrons. The Morgan fingerprint density at radius 1 is 1.00 bits per heavy atom. The summed E-state index contributed by atoms with van der Waals surface area (Å²) in [4.78, 5) is 2.41. The molecule has 0 aliphatic carbocycles. The first kappa shape index (κ1) is 10.4. The van der Waals surface area contributed by atoms with Crippen LogP contribution in [-0.4, -0.2) is 26.2 Å². The van der Waals surface area contributed by atoms with E-state index < -0.39 is 0 Å². The van der Waals surface area contributed by atoms with E-state index in [0.29, 0.717) is 0 Å². The fourth-order valence-corrected chi connectivity index (χ4v) is 2.30. The van der Waals surface area contributed by atoms with Crippen LogP contribution >= 0.6 is 0 Å². The number of rotatable bonds is 2. The van der Waals surface area contributed by atoms with E-state index in [1.165, 1.54) is 11.3 Å². The second-order valence-corrected chi connectivity index (χ2v) is 4.23.